The fourth-order valence-corrected chi connectivity index (χ4v) is 3.28. The van der Waals surface area contributed by atoms with Crippen LogP contribution in [0.2, 0.25) is 0 Å². The Balaban J connectivity index is 1.87. The van der Waals surface area contributed by atoms with Crippen LogP contribution in [0.25, 0.3) is 22.9 Å². The van der Waals surface area contributed by atoms with E-state index in [1.54, 1.807) is 30.9 Å². The summed E-state index contributed by atoms with van der Waals surface area (Å²) in [6.07, 6.45) is 8.29. The van der Waals surface area contributed by atoms with Crippen molar-refractivity contribution in [2.75, 3.05) is 0 Å². The molecule has 0 radical (unpaired) electrons. The largest absolute Gasteiger partial charge is 0.348 e. The molecule has 0 unspecified atom stereocenters. The van der Waals surface area contributed by atoms with Gasteiger partial charge in [0.2, 0.25) is 0 Å². The average molecular weight is 387 g/mol. The zero-order valence-electron chi connectivity index (χ0n) is 16.4. The van der Waals surface area contributed by atoms with Gasteiger partial charge < -0.3 is 15.0 Å². The summed E-state index contributed by atoms with van der Waals surface area (Å²) in [6, 6.07) is 7.60. The second-order valence-electron chi connectivity index (χ2n) is 7.88. The predicted octanol–water partition coefficient (Wildman–Crippen LogP) is 1.29. The fraction of sp³-hybridized carbons (Fsp3) is 0.182. The van der Waals surface area contributed by atoms with Crippen LogP contribution in [0.5, 0.6) is 0 Å². The van der Waals surface area contributed by atoms with Gasteiger partial charge in [0.05, 0.1) is 12.0 Å². The lowest BCUT2D eigenvalue weighted by molar-refractivity contribution is 0.571. The highest BCUT2D eigenvalue weighted by Gasteiger charge is 2.19. The van der Waals surface area contributed by atoms with Crippen molar-refractivity contribution in [3.8, 4) is 0 Å². The molecule has 146 valence electrons. The van der Waals surface area contributed by atoms with Gasteiger partial charge in [-0.05, 0) is 29.2 Å². The SMILES string of the molecule is CC(C)(C)c1[nH]cnc1/C=c1\[nH]c(=O)/c(=C/c2cccc3cnccc23)[nH]c1=O. The third kappa shape index (κ3) is 3.67. The Morgan fingerprint density at radius 3 is 2.41 bits per heavy atom. The molecule has 0 saturated heterocycles. The molecule has 3 N–H and O–H groups in total. The molecule has 0 amide bonds. The highest BCUT2D eigenvalue weighted by atomic mass is 16.1. The van der Waals surface area contributed by atoms with E-state index >= 15 is 0 Å². The molecule has 0 fully saturated rings. The van der Waals surface area contributed by atoms with E-state index in [0.29, 0.717) is 5.69 Å². The van der Waals surface area contributed by atoms with E-state index in [2.05, 4.69) is 24.9 Å². The van der Waals surface area contributed by atoms with Gasteiger partial charge in [-0.3, -0.25) is 14.6 Å². The zero-order valence-corrected chi connectivity index (χ0v) is 16.4. The number of fused-ring (bicyclic) bond motifs is 1. The molecule has 0 atom stereocenters. The first kappa shape index (κ1) is 18.6. The quantitative estimate of drug-likeness (QED) is 0.482. The van der Waals surface area contributed by atoms with Crippen LogP contribution in [0, 0.1) is 0 Å². The number of benzene rings is 1. The van der Waals surface area contributed by atoms with E-state index in [-0.39, 0.29) is 27.2 Å². The lowest BCUT2D eigenvalue weighted by atomic mass is 9.90. The van der Waals surface area contributed by atoms with Crippen molar-refractivity contribution in [2.45, 2.75) is 26.2 Å². The monoisotopic (exact) mass is 387 g/mol. The molecule has 0 bridgehead atoms. The molecule has 29 heavy (non-hydrogen) atoms. The topological polar surface area (TPSA) is 107 Å². The van der Waals surface area contributed by atoms with Gasteiger partial charge in [-0.15, -0.1) is 0 Å². The number of H-pyrrole nitrogens is 3. The number of nitrogens with zero attached hydrogens (tertiary/aromatic N) is 2. The fourth-order valence-electron chi connectivity index (χ4n) is 3.28. The highest BCUT2D eigenvalue weighted by Crippen LogP contribution is 2.22. The van der Waals surface area contributed by atoms with Crippen LogP contribution in [-0.4, -0.2) is 24.9 Å². The Morgan fingerprint density at radius 2 is 1.69 bits per heavy atom. The molecule has 7 heteroatoms. The first-order valence-electron chi connectivity index (χ1n) is 9.25. The van der Waals surface area contributed by atoms with Gasteiger partial charge in [-0.25, -0.2) is 4.98 Å². The predicted molar refractivity (Wildman–Crippen MR) is 113 cm³/mol. The number of rotatable bonds is 2. The third-order valence-corrected chi connectivity index (χ3v) is 4.70. The second-order valence-corrected chi connectivity index (χ2v) is 7.88. The summed E-state index contributed by atoms with van der Waals surface area (Å²) in [7, 11) is 0. The number of aromatic amines is 3. The zero-order chi connectivity index (χ0) is 20.6. The van der Waals surface area contributed by atoms with Gasteiger partial charge in [-0.2, -0.15) is 0 Å². The summed E-state index contributed by atoms with van der Waals surface area (Å²) in [5.41, 5.74) is 1.39. The Morgan fingerprint density at radius 1 is 0.966 bits per heavy atom. The minimum atomic E-state index is -0.388. The van der Waals surface area contributed by atoms with Crippen molar-refractivity contribution in [1.29, 1.82) is 0 Å². The Kier molecular flexibility index (Phi) is 4.50. The van der Waals surface area contributed by atoms with E-state index in [1.165, 1.54) is 0 Å². The van der Waals surface area contributed by atoms with E-state index in [4.69, 9.17) is 0 Å². The molecule has 3 aromatic heterocycles. The standard InChI is InChI=1S/C22H21N5O2/c1-22(2,3)19-16(24-12-25-19)10-18-21(29)26-17(20(28)27-18)9-13-5-4-6-14-11-23-8-7-15(13)14/h4-12H,1-3H3,(H,24,25)(H,26,29)(H,27,28)/b17-9-,18-10-. The Hall–Kier alpha value is -3.74. The van der Waals surface area contributed by atoms with Crippen LogP contribution >= 0.6 is 0 Å². The molecule has 1 aromatic carbocycles. The summed E-state index contributed by atoms with van der Waals surface area (Å²) in [5, 5.41) is 2.25. The molecule has 3 heterocycles. The first-order chi connectivity index (χ1) is 13.8. The number of hydrogen-bond acceptors (Lipinski definition) is 4. The molecule has 0 aliphatic carbocycles. The summed E-state index contributed by atoms with van der Waals surface area (Å²) in [5.74, 6) is 0. The van der Waals surface area contributed by atoms with Crippen molar-refractivity contribution in [2.24, 2.45) is 0 Å². The maximum atomic E-state index is 12.6. The minimum Gasteiger partial charge on any atom is -0.348 e. The van der Waals surface area contributed by atoms with Crippen molar-refractivity contribution < 1.29 is 0 Å². The number of hydrogen-bond donors (Lipinski definition) is 3. The summed E-state index contributed by atoms with van der Waals surface area (Å²) >= 11 is 0. The van der Waals surface area contributed by atoms with Crippen molar-refractivity contribution >= 4 is 22.9 Å². The lowest BCUT2D eigenvalue weighted by Crippen LogP contribution is -2.46. The van der Waals surface area contributed by atoms with E-state index in [1.807, 2.05) is 45.0 Å². The van der Waals surface area contributed by atoms with Crippen LogP contribution in [-0.2, 0) is 5.41 Å². The molecule has 0 aliphatic heterocycles. The van der Waals surface area contributed by atoms with Crippen LogP contribution in [0.4, 0.5) is 0 Å². The van der Waals surface area contributed by atoms with E-state index in [0.717, 1.165) is 22.0 Å². The van der Waals surface area contributed by atoms with Crippen LogP contribution in [0.1, 0.15) is 37.7 Å². The number of nitrogens with one attached hydrogen (secondary N) is 3. The summed E-state index contributed by atoms with van der Waals surface area (Å²) in [6.45, 7) is 6.13. The summed E-state index contributed by atoms with van der Waals surface area (Å²) < 4.78 is 0. The number of imidazole rings is 1. The molecule has 0 spiro atoms. The molecule has 0 aliphatic rings. The first-order valence-corrected chi connectivity index (χ1v) is 9.25. The van der Waals surface area contributed by atoms with Gasteiger partial charge in [0, 0.05) is 28.9 Å². The maximum Gasteiger partial charge on any atom is 0.272 e. The Labute approximate surface area is 165 Å². The van der Waals surface area contributed by atoms with Crippen LogP contribution in [0.3, 0.4) is 0 Å². The van der Waals surface area contributed by atoms with Gasteiger partial charge >= 0.3 is 0 Å². The maximum absolute atomic E-state index is 12.6. The minimum absolute atomic E-state index is 0.159. The van der Waals surface area contributed by atoms with Crippen molar-refractivity contribution in [3.05, 3.63) is 91.3 Å². The molecule has 4 aromatic rings. The van der Waals surface area contributed by atoms with Gasteiger partial charge in [-0.1, -0.05) is 39.0 Å². The van der Waals surface area contributed by atoms with Gasteiger partial charge in [0.15, 0.2) is 0 Å². The highest BCUT2D eigenvalue weighted by molar-refractivity contribution is 5.89. The average Bonchev–Trinajstić information content (AvgIpc) is 3.15. The van der Waals surface area contributed by atoms with Gasteiger partial charge in [0.1, 0.15) is 10.7 Å². The van der Waals surface area contributed by atoms with Crippen molar-refractivity contribution in [3.63, 3.8) is 0 Å². The normalized spacial score (nSPS) is 13.3. The summed E-state index contributed by atoms with van der Waals surface area (Å²) in [4.78, 5) is 42.1. The second kappa shape index (κ2) is 7.01. The Bertz CT molecular complexity index is 1430. The number of aromatic nitrogens is 5. The van der Waals surface area contributed by atoms with Crippen LogP contribution in [0.15, 0.2) is 52.6 Å². The van der Waals surface area contributed by atoms with Gasteiger partial charge in [0.25, 0.3) is 11.1 Å². The molecule has 0 saturated carbocycles. The molecule has 4 rings (SSSR count). The van der Waals surface area contributed by atoms with E-state index in [9.17, 15) is 9.59 Å². The molecule has 7 nitrogen and oxygen atoms in total. The van der Waals surface area contributed by atoms with E-state index < -0.39 is 0 Å². The molecular formula is C22H21N5O2. The van der Waals surface area contributed by atoms with Crippen molar-refractivity contribution in [1.82, 2.24) is 24.9 Å². The smallest absolute Gasteiger partial charge is 0.272 e. The third-order valence-electron chi connectivity index (χ3n) is 4.70. The molecular weight excluding hydrogens is 366 g/mol. The number of pyridine rings is 1. The van der Waals surface area contributed by atoms with Crippen LogP contribution < -0.4 is 21.8 Å². The lowest BCUT2D eigenvalue weighted by Gasteiger charge is -2.16.